The first-order chi connectivity index (χ1) is 6.06. The van der Waals surface area contributed by atoms with E-state index in [0.29, 0.717) is 16.9 Å². The molecule has 0 amide bonds. The summed E-state index contributed by atoms with van der Waals surface area (Å²) in [6, 6.07) is 0. The predicted molar refractivity (Wildman–Crippen MR) is 52.5 cm³/mol. The Morgan fingerprint density at radius 3 is 2.36 bits per heavy atom. The maximum atomic E-state index is 11.4. The molecule has 4 heteroatoms. The summed E-state index contributed by atoms with van der Waals surface area (Å²) in [4.78, 5) is 11.4. The Kier molecular flexibility index (Phi) is 5.34. The van der Waals surface area contributed by atoms with Crippen molar-refractivity contribution in [2.75, 3.05) is 0 Å². The fourth-order valence-corrected chi connectivity index (χ4v) is 1.24. The van der Waals surface area contributed by atoms with Gasteiger partial charge >= 0.3 is 29.6 Å². The number of hydrogen-bond donors (Lipinski definition) is 0. The van der Waals surface area contributed by atoms with Gasteiger partial charge in [-0.1, -0.05) is 13.8 Å². The Bertz CT molecular complexity index is 327. The molecule has 0 saturated carbocycles. The Morgan fingerprint density at radius 2 is 1.93 bits per heavy atom. The van der Waals surface area contributed by atoms with Gasteiger partial charge in [-0.2, -0.15) is 0 Å². The van der Waals surface area contributed by atoms with Crippen molar-refractivity contribution in [1.82, 2.24) is 0 Å². The number of nitrogens with zero attached hydrogens (tertiary/aromatic N) is 1. The van der Waals surface area contributed by atoms with Crippen molar-refractivity contribution >= 4 is 11.5 Å². The van der Waals surface area contributed by atoms with Gasteiger partial charge in [0.25, 0.3) is 0 Å². The molecule has 0 aromatic rings. The Balaban J connectivity index is 0.00000169. The van der Waals surface area contributed by atoms with Crippen LogP contribution in [0.5, 0.6) is 0 Å². The van der Waals surface area contributed by atoms with E-state index in [-0.39, 0.29) is 41.3 Å². The summed E-state index contributed by atoms with van der Waals surface area (Å²) >= 11 is 0. The normalized spacial score (nSPS) is 19.1. The molecule has 0 fully saturated rings. The maximum absolute atomic E-state index is 11.4. The summed E-state index contributed by atoms with van der Waals surface area (Å²) in [5.74, 6) is 0.119. The number of carbonyl (C=O) groups excluding carboxylic acids is 1. The van der Waals surface area contributed by atoms with Crippen molar-refractivity contribution in [2.45, 2.75) is 20.8 Å². The Hall–Kier alpha value is -0.380. The van der Waals surface area contributed by atoms with E-state index < -0.39 is 0 Å². The van der Waals surface area contributed by atoms with Crippen LogP contribution in [0.3, 0.4) is 0 Å². The van der Waals surface area contributed by atoms with Gasteiger partial charge in [0, 0.05) is 5.57 Å². The van der Waals surface area contributed by atoms with Crippen molar-refractivity contribution in [3.8, 4) is 0 Å². The molecule has 0 unspecified atom stereocenters. The van der Waals surface area contributed by atoms with E-state index in [1.165, 1.54) is 6.08 Å². The van der Waals surface area contributed by atoms with Crippen molar-refractivity contribution < 1.29 is 34.4 Å². The smallest absolute Gasteiger partial charge is 0.792 e. The molecule has 3 nitrogen and oxygen atoms in total. The van der Waals surface area contributed by atoms with Gasteiger partial charge in [0.2, 0.25) is 0 Å². The van der Waals surface area contributed by atoms with Crippen LogP contribution in [0.4, 0.5) is 0 Å². The topological polar surface area (TPSA) is 52.5 Å². The molecule has 0 aromatic heterocycles. The van der Waals surface area contributed by atoms with Crippen LogP contribution in [0.2, 0.25) is 0 Å². The molecule has 1 aliphatic rings. The SMILES string of the molecule is CC1=CC(=O)C(C(C)C)=C/C1=N/[O-].[Na+]. The first kappa shape index (κ1) is 13.6. The fraction of sp³-hybridized carbons (Fsp3) is 0.400. The van der Waals surface area contributed by atoms with Gasteiger partial charge in [0.05, 0.1) is 5.71 Å². The Labute approximate surface area is 106 Å². The van der Waals surface area contributed by atoms with Crippen LogP contribution in [0.25, 0.3) is 0 Å². The van der Waals surface area contributed by atoms with Gasteiger partial charge in [-0.25, -0.2) is 0 Å². The molecule has 70 valence electrons. The van der Waals surface area contributed by atoms with E-state index in [2.05, 4.69) is 5.16 Å². The van der Waals surface area contributed by atoms with Gasteiger partial charge in [0.1, 0.15) is 0 Å². The third-order valence-corrected chi connectivity index (χ3v) is 2.05. The number of ketones is 1. The third kappa shape index (κ3) is 2.80. The van der Waals surface area contributed by atoms with Crippen molar-refractivity contribution in [3.05, 3.63) is 28.5 Å². The van der Waals surface area contributed by atoms with Gasteiger partial charge in [0.15, 0.2) is 5.78 Å². The van der Waals surface area contributed by atoms with Crippen LogP contribution >= 0.6 is 0 Å². The van der Waals surface area contributed by atoms with E-state index in [1.807, 2.05) is 13.8 Å². The summed E-state index contributed by atoms with van der Waals surface area (Å²) in [6.07, 6.45) is 3.04. The third-order valence-electron chi connectivity index (χ3n) is 2.05. The molecule has 0 aliphatic heterocycles. The molecular formula is C10H12NNaO2. The zero-order valence-electron chi connectivity index (χ0n) is 9.00. The van der Waals surface area contributed by atoms with Crippen LogP contribution in [0.1, 0.15) is 20.8 Å². The van der Waals surface area contributed by atoms with Crippen molar-refractivity contribution in [1.29, 1.82) is 0 Å². The van der Waals surface area contributed by atoms with Crippen LogP contribution in [-0.4, -0.2) is 11.5 Å². The maximum Gasteiger partial charge on any atom is 1.00 e. The number of carbonyl (C=O) groups is 1. The second-order valence-corrected chi connectivity index (χ2v) is 3.42. The molecule has 1 aliphatic carbocycles. The average Bonchev–Trinajstić information content (AvgIpc) is 2.03. The number of allylic oxidation sites excluding steroid dienone is 4. The number of hydrogen-bond acceptors (Lipinski definition) is 3. The van der Waals surface area contributed by atoms with Crippen molar-refractivity contribution in [3.63, 3.8) is 0 Å². The zero-order chi connectivity index (χ0) is 10.0. The first-order valence-corrected chi connectivity index (χ1v) is 4.21. The first-order valence-electron chi connectivity index (χ1n) is 4.21. The molecule has 0 bridgehead atoms. The van der Waals surface area contributed by atoms with E-state index in [4.69, 9.17) is 0 Å². The quantitative estimate of drug-likeness (QED) is 0.312. The molecule has 0 aromatic carbocycles. The van der Waals surface area contributed by atoms with Gasteiger partial charge in [-0.15, -0.1) is 0 Å². The molecule has 0 atom stereocenters. The summed E-state index contributed by atoms with van der Waals surface area (Å²) in [6.45, 7) is 5.55. The largest absolute Gasteiger partial charge is 1.00 e. The minimum atomic E-state index is -0.0140. The Morgan fingerprint density at radius 1 is 1.36 bits per heavy atom. The van der Waals surface area contributed by atoms with Crippen molar-refractivity contribution in [2.24, 2.45) is 11.1 Å². The minimum Gasteiger partial charge on any atom is -0.792 e. The average molecular weight is 201 g/mol. The summed E-state index contributed by atoms with van der Waals surface area (Å²) < 4.78 is 0. The number of rotatable bonds is 1. The predicted octanol–water partition coefficient (Wildman–Crippen LogP) is -0.959. The van der Waals surface area contributed by atoms with E-state index in [9.17, 15) is 10.0 Å². The molecule has 0 heterocycles. The molecule has 0 radical (unpaired) electrons. The van der Waals surface area contributed by atoms with E-state index >= 15 is 0 Å². The monoisotopic (exact) mass is 201 g/mol. The van der Waals surface area contributed by atoms with Crippen LogP contribution in [0, 0.1) is 11.1 Å². The molecule has 0 N–H and O–H groups in total. The van der Waals surface area contributed by atoms with Gasteiger partial charge < -0.3 is 10.4 Å². The second-order valence-electron chi connectivity index (χ2n) is 3.42. The summed E-state index contributed by atoms with van der Waals surface area (Å²) in [5.41, 5.74) is 1.66. The van der Waals surface area contributed by atoms with E-state index in [0.717, 1.165) is 0 Å². The van der Waals surface area contributed by atoms with Gasteiger partial charge in [-0.05, 0) is 30.6 Å². The second kappa shape index (κ2) is 5.49. The molecular weight excluding hydrogens is 189 g/mol. The van der Waals surface area contributed by atoms with E-state index in [1.54, 1.807) is 13.0 Å². The molecule has 0 spiro atoms. The fourth-order valence-electron chi connectivity index (χ4n) is 1.24. The molecule has 0 saturated heterocycles. The van der Waals surface area contributed by atoms with Crippen LogP contribution < -0.4 is 29.6 Å². The van der Waals surface area contributed by atoms with Crippen LogP contribution in [0.15, 0.2) is 28.5 Å². The standard InChI is InChI=1S/C10H13NO2.Na/c1-6(2)8-5-9(11-13)7(3)4-10(8)12;/h4-6,13H,1-3H3;/q;+1/p-1/b11-9-;. The summed E-state index contributed by atoms with van der Waals surface area (Å²) in [7, 11) is 0. The van der Waals surface area contributed by atoms with Gasteiger partial charge in [-0.3, -0.25) is 4.79 Å². The zero-order valence-corrected chi connectivity index (χ0v) is 11.0. The van der Waals surface area contributed by atoms with Crippen LogP contribution in [-0.2, 0) is 4.79 Å². The molecule has 1 rings (SSSR count). The minimum absolute atomic E-state index is 0. The summed E-state index contributed by atoms with van der Waals surface area (Å²) in [5, 5.41) is 13.2. The molecule has 14 heavy (non-hydrogen) atoms.